The lowest BCUT2D eigenvalue weighted by atomic mass is 9.88. The van der Waals surface area contributed by atoms with Gasteiger partial charge in [-0.05, 0) is 61.7 Å². The minimum absolute atomic E-state index is 0.430. The maximum atomic E-state index is 2.45. The third kappa shape index (κ3) is 8.93. The van der Waals surface area contributed by atoms with Crippen molar-refractivity contribution in [2.45, 2.75) is 60.3 Å². The molecule has 1 aromatic rings. The van der Waals surface area contributed by atoms with Crippen LogP contribution >= 0.6 is 0 Å². The first kappa shape index (κ1) is 18.2. The molecule has 1 nitrogen and oxygen atoms in total. The highest BCUT2D eigenvalue weighted by atomic mass is 15.1. The average Bonchev–Trinajstić information content (AvgIpc) is 2.36. The molecule has 0 aliphatic carbocycles. The Labute approximate surface area is 132 Å². The first-order valence-electron chi connectivity index (χ1n) is 8.52. The summed E-state index contributed by atoms with van der Waals surface area (Å²) in [7, 11) is 2.23. The van der Waals surface area contributed by atoms with Gasteiger partial charge in [0.15, 0.2) is 0 Å². The Morgan fingerprint density at radius 1 is 0.952 bits per heavy atom. The van der Waals surface area contributed by atoms with E-state index in [1.54, 1.807) is 0 Å². The van der Waals surface area contributed by atoms with Gasteiger partial charge in [-0.1, -0.05) is 58.9 Å². The molecule has 0 radical (unpaired) electrons. The van der Waals surface area contributed by atoms with Crippen LogP contribution in [0, 0.1) is 11.3 Å². The van der Waals surface area contributed by atoms with E-state index in [1.165, 1.54) is 49.9 Å². The number of aryl methyl sites for hydroxylation is 2. The molecule has 1 heteroatoms. The van der Waals surface area contributed by atoms with Gasteiger partial charge in [0, 0.05) is 6.54 Å². The molecule has 0 heterocycles. The Kier molecular flexibility index (Phi) is 7.45. The van der Waals surface area contributed by atoms with Crippen LogP contribution in [0.3, 0.4) is 0 Å². The molecule has 1 aromatic carbocycles. The van der Waals surface area contributed by atoms with E-state index in [9.17, 15) is 0 Å². The SMILES string of the molecule is CC(C)CN(C)CCCc1ccc(CCC(C)(C)C)cc1. The zero-order chi connectivity index (χ0) is 15.9. The second kappa shape index (κ2) is 8.58. The summed E-state index contributed by atoms with van der Waals surface area (Å²) >= 11 is 0. The first-order chi connectivity index (χ1) is 9.76. The van der Waals surface area contributed by atoms with Crippen LogP contribution in [0.1, 0.15) is 58.6 Å². The minimum Gasteiger partial charge on any atom is -0.306 e. The van der Waals surface area contributed by atoms with Gasteiger partial charge in [-0.3, -0.25) is 0 Å². The van der Waals surface area contributed by atoms with Crippen molar-refractivity contribution in [1.82, 2.24) is 4.90 Å². The van der Waals surface area contributed by atoms with Crippen LogP contribution in [0.4, 0.5) is 0 Å². The zero-order valence-corrected chi connectivity index (χ0v) is 15.1. The van der Waals surface area contributed by atoms with Crippen LogP contribution in [0.5, 0.6) is 0 Å². The molecule has 0 bridgehead atoms. The Morgan fingerprint density at radius 3 is 1.95 bits per heavy atom. The molecule has 0 aliphatic heterocycles. The molecule has 0 spiro atoms. The normalized spacial score (nSPS) is 12.4. The van der Waals surface area contributed by atoms with Crippen molar-refractivity contribution in [3.05, 3.63) is 35.4 Å². The van der Waals surface area contributed by atoms with Crippen molar-refractivity contribution in [3.8, 4) is 0 Å². The third-order valence-corrected chi connectivity index (χ3v) is 3.87. The van der Waals surface area contributed by atoms with Crippen molar-refractivity contribution in [3.63, 3.8) is 0 Å². The largest absolute Gasteiger partial charge is 0.306 e. The van der Waals surface area contributed by atoms with Crippen LogP contribution in [0.2, 0.25) is 0 Å². The predicted molar refractivity (Wildman–Crippen MR) is 94.9 cm³/mol. The maximum Gasteiger partial charge on any atom is 0.000133 e. The molecule has 120 valence electrons. The highest BCUT2D eigenvalue weighted by molar-refractivity contribution is 5.22. The van der Waals surface area contributed by atoms with Gasteiger partial charge in [0.05, 0.1) is 0 Å². The van der Waals surface area contributed by atoms with Gasteiger partial charge < -0.3 is 4.90 Å². The number of hydrogen-bond acceptors (Lipinski definition) is 1. The Bertz CT molecular complexity index is 383. The van der Waals surface area contributed by atoms with Gasteiger partial charge in [0.1, 0.15) is 0 Å². The number of hydrogen-bond donors (Lipinski definition) is 0. The highest BCUT2D eigenvalue weighted by Crippen LogP contribution is 2.21. The monoisotopic (exact) mass is 289 g/mol. The molecule has 0 fully saturated rings. The summed E-state index contributed by atoms with van der Waals surface area (Å²) in [6.45, 7) is 13.9. The van der Waals surface area contributed by atoms with E-state index in [-0.39, 0.29) is 0 Å². The second-order valence-electron chi connectivity index (χ2n) is 8.14. The fraction of sp³-hybridized carbons (Fsp3) is 0.700. The van der Waals surface area contributed by atoms with Crippen LogP contribution in [0.25, 0.3) is 0 Å². The molecule has 0 saturated carbocycles. The Morgan fingerprint density at radius 2 is 1.48 bits per heavy atom. The zero-order valence-electron chi connectivity index (χ0n) is 15.1. The number of nitrogens with zero attached hydrogens (tertiary/aromatic N) is 1. The van der Waals surface area contributed by atoms with Crippen molar-refractivity contribution >= 4 is 0 Å². The molecule has 0 atom stereocenters. The number of benzene rings is 1. The van der Waals surface area contributed by atoms with Crippen LogP contribution in [0.15, 0.2) is 24.3 Å². The standard InChI is InChI=1S/C20H35N/c1-17(2)16-21(6)15-7-8-18-9-11-19(12-10-18)13-14-20(3,4)5/h9-12,17H,7-8,13-16H2,1-6H3. The summed E-state index contributed by atoms with van der Waals surface area (Å²) in [4.78, 5) is 2.45. The van der Waals surface area contributed by atoms with Gasteiger partial charge in [0.2, 0.25) is 0 Å². The molecule has 0 aromatic heterocycles. The van der Waals surface area contributed by atoms with E-state index in [2.05, 4.69) is 70.8 Å². The van der Waals surface area contributed by atoms with Crippen LogP contribution in [-0.2, 0) is 12.8 Å². The first-order valence-corrected chi connectivity index (χ1v) is 8.52. The smallest absolute Gasteiger partial charge is 0.000133 e. The molecule has 0 unspecified atom stereocenters. The molecule has 21 heavy (non-hydrogen) atoms. The van der Waals surface area contributed by atoms with Crippen molar-refractivity contribution < 1.29 is 0 Å². The molecular weight excluding hydrogens is 254 g/mol. The third-order valence-electron chi connectivity index (χ3n) is 3.87. The molecule has 0 amide bonds. The maximum absolute atomic E-state index is 2.45. The summed E-state index contributed by atoms with van der Waals surface area (Å²) in [6.07, 6.45) is 4.90. The van der Waals surface area contributed by atoms with E-state index in [0.717, 1.165) is 5.92 Å². The fourth-order valence-corrected chi connectivity index (χ4v) is 2.66. The molecule has 0 saturated heterocycles. The predicted octanol–water partition coefficient (Wildman–Crippen LogP) is 5.19. The molecular formula is C20H35N. The van der Waals surface area contributed by atoms with Crippen LogP contribution < -0.4 is 0 Å². The van der Waals surface area contributed by atoms with Crippen molar-refractivity contribution in [2.24, 2.45) is 11.3 Å². The summed E-state index contributed by atoms with van der Waals surface area (Å²) in [5.41, 5.74) is 3.39. The van der Waals surface area contributed by atoms with E-state index < -0.39 is 0 Å². The van der Waals surface area contributed by atoms with Gasteiger partial charge in [-0.15, -0.1) is 0 Å². The lowest BCUT2D eigenvalue weighted by molar-refractivity contribution is 0.292. The van der Waals surface area contributed by atoms with Gasteiger partial charge in [-0.2, -0.15) is 0 Å². The van der Waals surface area contributed by atoms with Crippen molar-refractivity contribution in [2.75, 3.05) is 20.1 Å². The lowest BCUT2D eigenvalue weighted by Gasteiger charge is -2.19. The fourth-order valence-electron chi connectivity index (χ4n) is 2.66. The topological polar surface area (TPSA) is 3.24 Å². The van der Waals surface area contributed by atoms with E-state index in [4.69, 9.17) is 0 Å². The van der Waals surface area contributed by atoms with E-state index >= 15 is 0 Å². The minimum atomic E-state index is 0.430. The molecule has 1 rings (SSSR count). The van der Waals surface area contributed by atoms with Gasteiger partial charge >= 0.3 is 0 Å². The Balaban J connectivity index is 2.31. The Hall–Kier alpha value is -0.820. The summed E-state index contributed by atoms with van der Waals surface area (Å²) < 4.78 is 0. The summed E-state index contributed by atoms with van der Waals surface area (Å²) in [5, 5.41) is 0. The molecule has 0 aliphatic rings. The quantitative estimate of drug-likeness (QED) is 0.637. The summed E-state index contributed by atoms with van der Waals surface area (Å²) in [6, 6.07) is 9.28. The average molecular weight is 290 g/mol. The highest BCUT2D eigenvalue weighted by Gasteiger charge is 2.09. The second-order valence-corrected chi connectivity index (χ2v) is 8.14. The van der Waals surface area contributed by atoms with E-state index in [0.29, 0.717) is 5.41 Å². The van der Waals surface area contributed by atoms with E-state index in [1.807, 2.05) is 0 Å². The van der Waals surface area contributed by atoms with Crippen LogP contribution in [-0.4, -0.2) is 25.0 Å². The lowest BCUT2D eigenvalue weighted by Crippen LogP contribution is -2.24. The summed E-state index contributed by atoms with van der Waals surface area (Å²) in [5.74, 6) is 0.761. The van der Waals surface area contributed by atoms with Gasteiger partial charge in [0.25, 0.3) is 0 Å². The number of rotatable bonds is 8. The van der Waals surface area contributed by atoms with Gasteiger partial charge in [-0.25, -0.2) is 0 Å². The van der Waals surface area contributed by atoms with Crippen molar-refractivity contribution in [1.29, 1.82) is 0 Å². The molecule has 0 N–H and O–H groups in total.